The van der Waals surface area contributed by atoms with Gasteiger partial charge in [-0.15, -0.1) is 0 Å². The predicted molar refractivity (Wildman–Crippen MR) is 79.6 cm³/mol. The number of aromatic nitrogens is 2. The van der Waals surface area contributed by atoms with Crippen LogP contribution in [0.5, 0.6) is 0 Å². The van der Waals surface area contributed by atoms with E-state index in [0.29, 0.717) is 6.04 Å². The summed E-state index contributed by atoms with van der Waals surface area (Å²) in [4.78, 5) is 0. The number of hydrogen-bond donors (Lipinski definition) is 1. The molecule has 1 rings (SSSR count). The van der Waals surface area contributed by atoms with Crippen LogP contribution in [-0.4, -0.2) is 36.1 Å². The summed E-state index contributed by atoms with van der Waals surface area (Å²) in [5.74, 6) is 0. The van der Waals surface area contributed by atoms with E-state index in [9.17, 15) is 0 Å². The van der Waals surface area contributed by atoms with Gasteiger partial charge in [0.05, 0.1) is 5.69 Å². The van der Waals surface area contributed by atoms with Gasteiger partial charge in [0.1, 0.15) is 0 Å². The molecule has 0 amide bonds. The van der Waals surface area contributed by atoms with Crippen LogP contribution in [0.15, 0.2) is 0 Å². The maximum Gasteiger partial charge on any atom is 0.0628 e. The molecule has 0 saturated carbocycles. The first-order valence-corrected chi connectivity index (χ1v) is 7.31. The van der Waals surface area contributed by atoms with Crippen LogP contribution in [0, 0.1) is 13.8 Å². The highest BCUT2D eigenvalue weighted by molar-refractivity contribution is 5.25. The fraction of sp³-hybridized carbons (Fsp3) is 0.800. The third kappa shape index (κ3) is 4.96. The van der Waals surface area contributed by atoms with Gasteiger partial charge in [0.15, 0.2) is 0 Å². The highest BCUT2D eigenvalue weighted by atomic mass is 16.5. The number of nitrogens with one attached hydrogen (secondary N) is 1. The number of ether oxygens (including phenoxy) is 1. The molecule has 0 fully saturated rings. The number of aryl methyl sites for hydroxylation is 2. The molecule has 0 spiro atoms. The number of rotatable bonds is 9. The first-order valence-electron chi connectivity index (χ1n) is 7.31. The van der Waals surface area contributed by atoms with Gasteiger partial charge in [-0.05, 0) is 51.6 Å². The molecule has 1 N–H and O–H groups in total. The van der Waals surface area contributed by atoms with E-state index < -0.39 is 0 Å². The SMILES string of the molecule is CCCNC(CCCOC)Cc1c(C)nn(C)c1C. The topological polar surface area (TPSA) is 39.1 Å². The summed E-state index contributed by atoms with van der Waals surface area (Å²) >= 11 is 0. The van der Waals surface area contributed by atoms with E-state index in [0.717, 1.165) is 38.1 Å². The van der Waals surface area contributed by atoms with Crippen molar-refractivity contribution in [2.24, 2.45) is 7.05 Å². The Kier molecular flexibility index (Phi) is 7.10. The maximum absolute atomic E-state index is 5.15. The van der Waals surface area contributed by atoms with E-state index in [2.05, 4.69) is 31.2 Å². The fourth-order valence-electron chi connectivity index (χ4n) is 2.46. The Morgan fingerprint density at radius 1 is 1.37 bits per heavy atom. The Bertz CT molecular complexity index is 374. The van der Waals surface area contributed by atoms with Crippen LogP contribution < -0.4 is 5.32 Å². The van der Waals surface area contributed by atoms with Gasteiger partial charge in [-0.1, -0.05) is 6.92 Å². The summed E-state index contributed by atoms with van der Waals surface area (Å²) in [6, 6.07) is 0.525. The number of methoxy groups -OCH3 is 1. The van der Waals surface area contributed by atoms with E-state index in [1.54, 1.807) is 7.11 Å². The maximum atomic E-state index is 5.15. The molecule has 0 bridgehead atoms. The number of nitrogens with zero attached hydrogens (tertiary/aromatic N) is 2. The van der Waals surface area contributed by atoms with E-state index in [1.165, 1.54) is 17.7 Å². The van der Waals surface area contributed by atoms with E-state index in [1.807, 2.05) is 11.7 Å². The Balaban J connectivity index is 2.64. The molecule has 1 unspecified atom stereocenters. The Morgan fingerprint density at radius 2 is 2.11 bits per heavy atom. The molecule has 0 aliphatic heterocycles. The highest BCUT2D eigenvalue weighted by Gasteiger charge is 2.15. The third-order valence-electron chi connectivity index (χ3n) is 3.69. The van der Waals surface area contributed by atoms with Crippen molar-refractivity contribution in [2.45, 2.75) is 52.5 Å². The van der Waals surface area contributed by atoms with Gasteiger partial charge in [-0.25, -0.2) is 0 Å². The molecule has 19 heavy (non-hydrogen) atoms. The highest BCUT2D eigenvalue weighted by Crippen LogP contribution is 2.16. The van der Waals surface area contributed by atoms with E-state index in [-0.39, 0.29) is 0 Å². The van der Waals surface area contributed by atoms with Gasteiger partial charge in [0.25, 0.3) is 0 Å². The zero-order valence-electron chi connectivity index (χ0n) is 13.1. The van der Waals surface area contributed by atoms with E-state index in [4.69, 9.17) is 4.74 Å². The van der Waals surface area contributed by atoms with Crippen LogP contribution in [0.3, 0.4) is 0 Å². The molecule has 0 radical (unpaired) electrons. The van der Waals surface area contributed by atoms with Crippen molar-refractivity contribution < 1.29 is 4.74 Å². The van der Waals surface area contributed by atoms with Crippen molar-refractivity contribution in [1.29, 1.82) is 0 Å². The van der Waals surface area contributed by atoms with Crippen LogP contribution in [0.4, 0.5) is 0 Å². The van der Waals surface area contributed by atoms with Crippen molar-refractivity contribution in [3.05, 3.63) is 17.0 Å². The summed E-state index contributed by atoms with van der Waals surface area (Å²) in [7, 11) is 3.79. The minimum Gasteiger partial charge on any atom is -0.385 e. The summed E-state index contributed by atoms with van der Waals surface area (Å²) in [6.07, 6.45) is 4.50. The lowest BCUT2D eigenvalue weighted by Crippen LogP contribution is -2.32. The number of hydrogen-bond acceptors (Lipinski definition) is 3. The molecule has 1 atom stereocenters. The average Bonchev–Trinajstić information content (AvgIpc) is 2.62. The van der Waals surface area contributed by atoms with Crippen LogP contribution in [0.2, 0.25) is 0 Å². The van der Waals surface area contributed by atoms with Crippen LogP contribution >= 0.6 is 0 Å². The van der Waals surface area contributed by atoms with Crippen LogP contribution in [0.1, 0.15) is 43.1 Å². The quantitative estimate of drug-likeness (QED) is 0.698. The molecule has 0 aromatic carbocycles. The monoisotopic (exact) mass is 267 g/mol. The van der Waals surface area contributed by atoms with Gasteiger partial charge < -0.3 is 10.1 Å². The molecular weight excluding hydrogens is 238 g/mol. The van der Waals surface area contributed by atoms with Gasteiger partial charge in [0.2, 0.25) is 0 Å². The van der Waals surface area contributed by atoms with Gasteiger partial charge in [-0.3, -0.25) is 4.68 Å². The zero-order chi connectivity index (χ0) is 14.3. The Morgan fingerprint density at radius 3 is 2.63 bits per heavy atom. The molecule has 4 heteroatoms. The summed E-state index contributed by atoms with van der Waals surface area (Å²) < 4.78 is 7.14. The summed E-state index contributed by atoms with van der Waals surface area (Å²) in [6.45, 7) is 8.39. The minimum atomic E-state index is 0.525. The fourth-order valence-corrected chi connectivity index (χ4v) is 2.46. The van der Waals surface area contributed by atoms with Gasteiger partial charge in [0, 0.05) is 32.5 Å². The Labute approximate surface area is 117 Å². The standard InChI is InChI=1S/C15H29N3O/c1-6-9-16-14(8-7-10-19-5)11-15-12(2)17-18(4)13(15)3/h14,16H,6-11H2,1-5H3. The van der Waals surface area contributed by atoms with Crippen molar-refractivity contribution in [3.8, 4) is 0 Å². The smallest absolute Gasteiger partial charge is 0.0628 e. The molecular formula is C15H29N3O. The zero-order valence-corrected chi connectivity index (χ0v) is 13.1. The lowest BCUT2D eigenvalue weighted by atomic mass is 10.0. The summed E-state index contributed by atoms with van der Waals surface area (Å²) in [5.41, 5.74) is 3.84. The second-order valence-corrected chi connectivity index (χ2v) is 5.26. The third-order valence-corrected chi connectivity index (χ3v) is 3.69. The van der Waals surface area contributed by atoms with Crippen LogP contribution in [0.25, 0.3) is 0 Å². The Hall–Kier alpha value is -0.870. The van der Waals surface area contributed by atoms with Gasteiger partial charge in [-0.2, -0.15) is 5.10 Å². The second kappa shape index (κ2) is 8.33. The molecule has 0 aliphatic carbocycles. The minimum absolute atomic E-state index is 0.525. The molecule has 0 aliphatic rings. The summed E-state index contributed by atoms with van der Waals surface area (Å²) in [5, 5.41) is 8.15. The molecule has 1 heterocycles. The lowest BCUT2D eigenvalue weighted by molar-refractivity contribution is 0.188. The largest absolute Gasteiger partial charge is 0.385 e. The van der Waals surface area contributed by atoms with E-state index >= 15 is 0 Å². The molecule has 110 valence electrons. The van der Waals surface area contributed by atoms with Crippen molar-refractivity contribution >= 4 is 0 Å². The van der Waals surface area contributed by atoms with Gasteiger partial charge >= 0.3 is 0 Å². The second-order valence-electron chi connectivity index (χ2n) is 5.26. The first-order chi connectivity index (χ1) is 9.10. The van der Waals surface area contributed by atoms with Crippen LogP contribution in [-0.2, 0) is 18.2 Å². The molecule has 1 aromatic heterocycles. The lowest BCUT2D eigenvalue weighted by Gasteiger charge is -2.18. The van der Waals surface area contributed by atoms with Crippen molar-refractivity contribution in [3.63, 3.8) is 0 Å². The predicted octanol–water partition coefficient (Wildman–Crippen LogP) is 2.37. The van der Waals surface area contributed by atoms with Crippen molar-refractivity contribution in [2.75, 3.05) is 20.3 Å². The first kappa shape index (κ1) is 16.2. The normalized spacial score (nSPS) is 12.9. The molecule has 4 nitrogen and oxygen atoms in total. The average molecular weight is 267 g/mol. The molecule has 0 saturated heterocycles. The van der Waals surface area contributed by atoms with Crippen molar-refractivity contribution in [1.82, 2.24) is 15.1 Å². The molecule has 1 aromatic rings.